The zero-order valence-electron chi connectivity index (χ0n) is 16.1. The number of halogens is 1. The fraction of sp³-hybridized carbons (Fsp3) is 0.250. The van der Waals surface area contributed by atoms with E-state index < -0.39 is 6.10 Å². The van der Waals surface area contributed by atoms with Crippen molar-refractivity contribution in [2.45, 2.75) is 26.1 Å². The zero-order chi connectivity index (χ0) is 19.8. The van der Waals surface area contributed by atoms with Crippen molar-refractivity contribution in [3.63, 3.8) is 0 Å². The molecular formula is C24H26FNO2. The lowest BCUT2D eigenvalue weighted by molar-refractivity contribution is 0.0626. The standard InChI is InChI=1S/C24H26FNO2/c1-19-7-5-6-10-24(19)28-18-23(27)17-26(15-20-8-3-2-4-9-20)16-21-11-13-22(25)14-12-21/h2-14,23,27H,15-18H2,1H3/t23-/m1/s1. The normalized spacial score (nSPS) is 12.1. The summed E-state index contributed by atoms with van der Waals surface area (Å²) < 4.78 is 19.0. The van der Waals surface area contributed by atoms with Gasteiger partial charge in [-0.15, -0.1) is 0 Å². The second-order valence-corrected chi connectivity index (χ2v) is 7.01. The van der Waals surface area contributed by atoms with Gasteiger partial charge in [0.15, 0.2) is 0 Å². The van der Waals surface area contributed by atoms with Crippen molar-refractivity contribution in [1.29, 1.82) is 0 Å². The molecule has 0 spiro atoms. The molecular weight excluding hydrogens is 353 g/mol. The first-order valence-electron chi connectivity index (χ1n) is 9.47. The second-order valence-electron chi connectivity index (χ2n) is 7.01. The van der Waals surface area contributed by atoms with Gasteiger partial charge in [0.25, 0.3) is 0 Å². The van der Waals surface area contributed by atoms with Crippen LogP contribution >= 0.6 is 0 Å². The quantitative estimate of drug-likeness (QED) is 0.591. The fourth-order valence-electron chi connectivity index (χ4n) is 3.13. The molecule has 0 saturated carbocycles. The van der Waals surface area contributed by atoms with E-state index in [9.17, 15) is 9.50 Å². The van der Waals surface area contributed by atoms with Crippen LogP contribution in [-0.2, 0) is 13.1 Å². The van der Waals surface area contributed by atoms with Crippen molar-refractivity contribution >= 4 is 0 Å². The van der Waals surface area contributed by atoms with Gasteiger partial charge < -0.3 is 9.84 Å². The van der Waals surface area contributed by atoms with Crippen molar-refractivity contribution < 1.29 is 14.2 Å². The molecule has 1 atom stereocenters. The molecule has 1 N–H and O–H groups in total. The minimum Gasteiger partial charge on any atom is -0.491 e. The molecule has 0 fully saturated rings. The number of hydrogen-bond acceptors (Lipinski definition) is 3. The average Bonchev–Trinajstić information content (AvgIpc) is 2.70. The molecule has 146 valence electrons. The molecule has 4 heteroatoms. The minimum absolute atomic E-state index is 0.222. The van der Waals surface area contributed by atoms with Crippen LogP contribution in [0.5, 0.6) is 5.75 Å². The summed E-state index contributed by atoms with van der Waals surface area (Å²) in [5, 5.41) is 10.5. The summed E-state index contributed by atoms with van der Waals surface area (Å²) in [6.45, 7) is 3.98. The van der Waals surface area contributed by atoms with Crippen LogP contribution in [0.1, 0.15) is 16.7 Å². The van der Waals surface area contributed by atoms with E-state index in [1.54, 1.807) is 12.1 Å². The number of rotatable bonds is 9. The molecule has 0 aliphatic carbocycles. The fourth-order valence-corrected chi connectivity index (χ4v) is 3.13. The number of benzene rings is 3. The van der Waals surface area contributed by atoms with Crippen LogP contribution in [0.15, 0.2) is 78.9 Å². The Balaban J connectivity index is 1.63. The lowest BCUT2D eigenvalue weighted by Crippen LogP contribution is -2.35. The zero-order valence-corrected chi connectivity index (χ0v) is 16.1. The molecule has 0 heterocycles. The highest BCUT2D eigenvalue weighted by atomic mass is 19.1. The smallest absolute Gasteiger partial charge is 0.123 e. The Morgan fingerprint density at radius 3 is 2.14 bits per heavy atom. The lowest BCUT2D eigenvalue weighted by atomic mass is 10.1. The topological polar surface area (TPSA) is 32.7 Å². The van der Waals surface area contributed by atoms with E-state index in [0.29, 0.717) is 19.6 Å². The molecule has 0 radical (unpaired) electrons. The van der Waals surface area contributed by atoms with Crippen LogP contribution in [-0.4, -0.2) is 29.3 Å². The number of ether oxygens (including phenoxy) is 1. The van der Waals surface area contributed by atoms with E-state index in [-0.39, 0.29) is 12.4 Å². The Morgan fingerprint density at radius 1 is 0.857 bits per heavy atom. The van der Waals surface area contributed by atoms with Crippen molar-refractivity contribution in [1.82, 2.24) is 4.90 Å². The summed E-state index contributed by atoms with van der Waals surface area (Å²) in [4.78, 5) is 2.15. The second kappa shape index (κ2) is 10.0. The highest BCUT2D eigenvalue weighted by Crippen LogP contribution is 2.17. The molecule has 0 unspecified atom stereocenters. The van der Waals surface area contributed by atoms with E-state index in [1.165, 1.54) is 12.1 Å². The minimum atomic E-state index is -0.635. The first-order chi connectivity index (χ1) is 13.6. The van der Waals surface area contributed by atoms with Gasteiger partial charge in [0.05, 0.1) is 0 Å². The maximum atomic E-state index is 13.2. The number of para-hydroxylation sites is 1. The first-order valence-corrected chi connectivity index (χ1v) is 9.47. The Bertz CT molecular complexity index is 852. The van der Waals surface area contributed by atoms with Crippen LogP contribution in [0.4, 0.5) is 4.39 Å². The van der Waals surface area contributed by atoms with E-state index >= 15 is 0 Å². The number of nitrogens with zero attached hydrogens (tertiary/aromatic N) is 1. The van der Waals surface area contributed by atoms with Crippen molar-refractivity contribution in [3.05, 3.63) is 101 Å². The average molecular weight is 379 g/mol. The molecule has 28 heavy (non-hydrogen) atoms. The Hall–Kier alpha value is -2.69. The van der Waals surface area contributed by atoms with Gasteiger partial charge in [-0.05, 0) is 41.8 Å². The van der Waals surface area contributed by atoms with Gasteiger partial charge in [0.1, 0.15) is 24.3 Å². The molecule has 0 aliphatic heterocycles. The first kappa shape index (κ1) is 20.1. The Kier molecular flexibility index (Phi) is 7.18. The predicted molar refractivity (Wildman–Crippen MR) is 110 cm³/mol. The molecule has 3 aromatic rings. The third-order valence-electron chi connectivity index (χ3n) is 4.56. The van der Waals surface area contributed by atoms with E-state index in [1.807, 2.05) is 49.4 Å². The SMILES string of the molecule is Cc1ccccc1OC[C@H](O)CN(Cc1ccccc1)Cc1ccc(F)cc1. The predicted octanol–water partition coefficient (Wildman–Crippen LogP) is 4.58. The van der Waals surface area contributed by atoms with Crippen molar-refractivity contribution in [2.75, 3.05) is 13.2 Å². The third kappa shape index (κ3) is 6.19. The van der Waals surface area contributed by atoms with Crippen LogP contribution in [0.3, 0.4) is 0 Å². The summed E-state index contributed by atoms with van der Waals surface area (Å²) in [5.41, 5.74) is 3.21. The van der Waals surface area contributed by atoms with Crippen molar-refractivity contribution in [3.8, 4) is 5.75 Å². The lowest BCUT2D eigenvalue weighted by Gasteiger charge is -2.25. The van der Waals surface area contributed by atoms with Gasteiger partial charge >= 0.3 is 0 Å². The summed E-state index contributed by atoms with van der Waals surface area (Å²) in [6, 6.07) is 24.4. The number of aliphatic hydroxyl groups excluding tert-OH is 1. The maximum absolute atomic E-state index is 13.2. The van der Waals surface area contributed by atoms with Gasteiger partial charge in [-0.1, -0.05) is 60.7 Å². The van der Waals surface area contributed by atoms with Gasteiger partial charge in [-0.25, -0.2) is 4.39 Å². The van der Waals surface area contributed by atoms with Crippen LogP contribution in [0.25, 0.3) is 0 Å². The summed E-state index contributed by atoms with van der Waals surface area (Å²) in [6.07, 6.45) is -0.635. The molecule has 3 nitrogen and oxygen atoms in total. The summed E-state index contributed by atoms with van der Waals surface area (Å²) >= 11 is 0. The summed E-state index contributed by atoms with van der Waals surface area (Å²) in [7, 11) is 0. The van der Waals surface area contributed by atoms with Crippen LogP contribution < -0.4 is 4.74 Å². The molecule has 3 aromatic carbocycles. The molecule has 3 rings (SSSR count). The van der Waals surface area contributed by atoms with E-state index in [0.717, 1.165) is 22.4 Å². The van der Waals surface area contributed by atoms with Gasteiger partial charge in [0.2, 0.25) is 0 Å². The highest BCUT2D eigenvalue weighted by molar-refractivity contribution is 5.31. The third-order valence-corrected chi connectivity index (χ3v) is 4.56. The van der Waals surface area contributed by atoms with Gasteiger partial charge in [0, 0.05) is 19.6 Å². The molecule has 0 aromatic heterocycles. The number of aliphatic hydroxyl groups is 1. The van der Waals surface area contributed by atoms with Gasteiger partial charge in [-0.2, -0.15) is 0 Å². The van der Waals surface area contributed by atoms with E-state index in [2.05, 4.69) is 17.0 Å². The van der Waals surface area contributed by atoms with Crippen LogP contribution in [0.2, 0.25) is 0 Å². The molecule has 0 amide bonds. The Morgan fingerprint density at radius 2 is 1.46 bits per heavy atom. The van der Waals surface area contributed by atoms with Crippen LogP contribution in [0, 0.1) is 12.7 Å². The van der Waals surface area contributed by atoms with Crippen molar-refractivity contribution in [2.24, 2.45) is 0 Å². The molecule has 0 saturated heterocycles. The van der Waals surface area contributed by atoms with Gasteiger partial charge in [-0.3, -0.25) is 4.90 Å². The maximum Gasteiger partial charge on any atom is 0.123 e. The highest BCUT2D eigenvalue weighted by Gasteiger charge is 2.14. The Labute approximate surface area is 166 Å². The number of hydrogen-bond donors (Lipinski definition) is 1. The molecule has 0 aliphatic rings. The van der Waals surface area contributed by atoms with E-state index in [4.69, 9.17) is 4.74 Å². The number of aryl methyl sites for hydroxylation is 1. The molecule has 0 bridgehead atoms. The monoisotopic (exact) mass is 379 g/mol. The largest absolute Gasteiger partial charge is 0.491 e. The summed E-state index contributed by atoms with van der Waals surface area (Å²) in [5.74, 6) is 0.541.